The molecule has 2 fully saturated rings. The van der Waals surface area contributed by atoms with E-state index in [1.165, 1.54) is 0 Å². The largest absolute Gasteiger partial charge is 0.379 e. The summed E-state index contributed by atoms with van der Waals surface area (Å²) in [7, 11) is 1.98. The number of halogens is 1. The number of ether oxygens (including phenoxy) is 2. The van der Waals surface area contributed by atoms with Gasteiger partial charge in [-0.25, -0.2) is 4.98 Å². The second kappa shape index (κ2) is 12.4. The Morgan fingerprint density at radius 1 is 0.900 bits per heavy atom. The Hall–Kier alpha value is -3.44. The molecule has 0 amide bonds. The molecule has 0 aliphatic carbocycles. The summed E-state index contributed by atoms with van der Waals surface area (Å²) in [5.41, 5.74) is 3.81. The molecule has 2 aromatic heterocycles. The molecule has 4 aromatic rings. The third-order valence-electron chi connectivity index (χ3n) is 7.32. The molecule has 2 aliphatic rings. The van der Waals surface area contributed by atoms with Crippen molar-refractivity contribution in [3.8, 4) is 11.3 Å². The Balaban J connectivity index is 1.24. The van der Waals surface area contributed by atoms with Gasteiger partial charge in [-0.15, -0.1) is 0 Å². The van der Waals surface area contributed by atoms with E-state index in [0.29, 0.717) is 24.2 Å². The zero-order valence-electron chi connectivity index (χ0n) is 22.8. The van der Waals surface area contributed by atoms with Crippen LogP contribution in [0.2, 0.25) is 5.02 Å². The molecule has 0 radical (unpaired) electrons. The third-order valence-corrected chi connectivity index (χ3v) is 7.57. The first kappa shape index (κ1) is 26.8. The molecular formula is C29H35ClN8O2. The molecule has 4 heterocycles. The van der Waals surface area contributed by atoms with E-state index in [9.17, 15) is 0 Å². The predicted molar refractivity (Wildman–Crippen MR) is 160 cm³/mol. The van der Waals surface area contributed by atoms with Gasteiger partial charge in [-0.3, -0.25) is 9.58 Å². The number of nitrogens with zero attached hydrogens (tertiary/aromatic N) is 6. The van der Waals surface area contributed by atoms with Crippen molar-refractivity contribution in [1.82, 2.24) is 24.6 Å². The van der Waals surface area contributed by atoms with Gasteiger partial charge >= 0.3 is 0 Å². The van der Waals surface area contributed by atoms with Crippen molar-refractivity contribution >= 4 is 45.8 Å². The summed E-state index contributed by atoms with van der Waals surface area (Å²) in [6.45, 7) is 8.48. The quantitative estimate of drug-likeness (QED) is 0.288. The molecule has 0 spiro atoms. The maximum atomic E-state index is 6.09. The van der Waals surface area contributed by atoms with E-state index < -0.39 is 0 Å². The van der Waals surface area contributed by atoms with Crippen LogP contribution in [-0.2, 0) is 16.5 Å². The van der Waals surface area contributed by atoms with Crippen molar-refractivity contribution in [2.75, 3.05) is 81.2 Å². The summed E-state index contributed by atoms with van der Waals surface area (Å²) in [6, 6.07) is 16.0. The normalized spacial score (nSPS) is 16.4. The van der Waals surface area contributed by atoms with Gasteiger partial charge in [0.2, 0.25) is 5.95 Å². The zero-order chi connectivity index (χ0) is 27.3. The fourth-order valence-corrected chi connectivity index (χ4v) is 5.24. The van der Waals surface area contributed by atoms with Crippen LogP contribution in [0.3, 0.4) is 0 Å². The fraction of sp³-hybridized carbons (Fsp3) is 0.414. The maximum absolute atomic E-state index is 6.09. The minimum Gasteiger partial charge on any atom is -0.379 e. The summed E-state index contributed by atoms with van der Waals surface area (Å²) in [4.78, 5) is 14.4. The standard InChI is InChI=1S/C29H35ClN8O2/c1-36-26-19-21(3-8-24(26)28(35-36)31-9-2-10-37-11-15-39-16-12-37)25-20-27(32-23-6-4-22(30)5-7-23)34-29(33-25)38-13-17-40-18-14-38/h3-8,19-20H,2,9-18H2,1H3,(H,31,35)(H,32,33,34). The minimum atomic E-state index is 0.663. The van der Waals surface area contributed by atoms with Gasteiger partial charge in [0.25, 0.3) is 0 Å². The molecule has 0 atom stereocenters. The van der Waals surface area contributed by atoms with E-state index in [1.54, 1.807) is 0 Å². The predicted octanol–water partition coefficient (Wildman–Crippen LogP) is 4.40. The van der Waals surface area contributed by atoms with Gasteiger partial charge in [-0.2, -0.15) is 10.1 Å². The zero-order valence-corrected chi connectivity index (χ0v) is 23.5. The molecule has 2 aliphatic heterocycles. The summed E-state index contributed by atoms with van der Waals surface area (Å²) < 4.78 is 12.9. The second-order valence-electron chi connectivity index (χ2n) is 10.1. The maximum Gasteiger partial charge on any atom is 0.228 e. The highest BCUT2D eigenvalue weighted by molar-refractivity contribution is 6.30. The summed E-state index contributed by atoms with van der Waals surface area (Å²) in [5, 5.41) is 13.5. The Bertz CT molecular complexity index is 1430. The number of fused-ring (bicyclic) bond motifs is 1. The Kier molecular flexibility index (Phi) is 8.29. The van der Waals surface area contributed by atoms with E-state index in [2.05, 4.69) is 38.6 Å². The highest BCUT2D eigenvalue weighted by atomic mass is 35.5. The van der Waals surface area contributed by atoms with Crippen LogP contribution < -0.4 is 15.5 Å². The fourth-order valence-electron chi connectivity index (χ4n) is 5.11. The van der Waals surface area contributed by atoms with Crippen molar-refractivity contribution in [3.63, 3.8) is 0 Å². The van der Waals surface area contributed by atoms with E-state index in [1.807, 2.05) is 42.1 Å². The van der Waals surface area contributed by atoms with Crippen LogP contribution in [0.1, 0.15) is 6.42 Å². The lowest BCUT2D eigenvalue weighted by atomic mass is 10.1. The van der Waals surface area contributed by atoms with Gasteiger partial charge in [-0.05, 0) is 49.4 Å². The molecule has 2 N–H and O–H groups in total. The molecule has 0 bridgehead atoms. The third kappa shape index (κ3) is 6.31. The molecule has 10 nitrogen and oxygen atoms in total. The van der Waals surface area contributed by atoms with Gasteiger partial charge in [0.05, 0.1) is 37.6 Å². The van der Waals surface area contributed by atoms with E-state index in [-0.39, 0.29) is 0 Å². The first-order valence-corrected chi connectivity index (χ1v) is 14.3. The number of rotatable bonds is 9. The highest BCUT2D eigenvalue weighted by Gasteiger charge is 2.18. The van der Waals surface area contributed by atoms with Gasteiger partial charge < -0.3 is 25.0 Å². The lowest BCUT2D eigenvalue weighted by molar-refractivity contribution is 0.0378. The van der Waals surface area contributed by atoms with Crippen LogP contribution >= 0.6 is 11.6 Å². The topological polar surface area (TPSA) is 92.6 Å². The molecular weight excluding hydrogens is 528 g/mol. The monoisotopic (exact) mass is 562 g/mol. The number of aryl methyl sites for hydroxylation is 1. The van der Waals surface area contributed by atoms with Crippen LogP contribution in [0, 0.1) is 0 Å². The Morgan fingerprint density at radius 2 is 1.65 bits per heavy atom. The molecule has 40 heavy (non-hydrogen) atoms. The molecule has 11 heteroatoms. The first-order chi connectivity index (χ1) is 19.6. The van der Waals surface area contributed by atoms with Gasteiger partial charge in [0.1, 0.15) is 5.82 Å². The van der Waals surface area contributed by atoms with Crippen LogP contribution in [0.15, 0.2) is 48.5 Å². The average molecular weight is 563 g/mol. The van der Waals surface area contributed by atoms with Crippen LogP contribution in [-0.4, -0.2) is 90.3 Å². The van der Waals surface area contributed by atoms with E-state index in [4.69, 9.17) is 36.1 Å². The highest BCUT2D eigenvalue weighted by Crippen LogP contribution is 2.30. The molecule has 0 unspecified atom stereocenters. The average Bonchev–Trinajstić information content (AvgIpc) is 3.32. The van der Waals surface area contributed by atoms with Crippen molar-refractivity contribution in [2.24, 2.45) is 7.05 Å². The first-order valence-electron chi connectivity index (χ1n) is 13.9. The molecule has 0 saturated carbocycles. The lowest BCUT2D eigenvalue weighted by Crippen LogP contribution is -2.37. The van der Waals surface area contributed by atoms with Crippen molar-refractivity contribution < 1.29 is 9.47 Å². The summed E-state index contributed by atoms with van der Waals surface area (Å²) in [5.74, 6) is 2.32. The minimum absolute atomic E-state index is 0.663. The lowest BCUT2D eigenvalue weighted by Gasteiger charge is -2.27. The SMILES string of the molecule is Cn1nc(NCCCN2CCOCC2)c2ccc(-c3cc(Nc4ccc(Cl)cc4)nc(N4CCOCC4)n3)cc21. The van der Waals surface area contributed by atoms with Gasteiger partial charge in [0.15, 0.2) is 5.82 Å². The van der Waals surface area contributed by atoms with E-state index in [0.717, 1.165) is 98.4 Å². The van der Waals surface area contributed by atoms with Crippen molar-refractivity contribution in [3.05, 3.63) is 53.6 Å². The Morgan fingerprint density at radius 3 is 2.42 bits per heavy atom. The number of hydrogen-bond acceptors (Lipinski definition) is 9. The molecule has 2 saturated heterocycles. The van der Waals surface area contributed by atoms with Gasteiger partial charge in [0, 0.05) is 67.5 Å². The number of morpholine rings is 2. The van der Waals surface area contributed by atoms with Crippen LogP contribution in [0.5, 0.6) is 0 Å². The van der Waals surface area contributed by atoms with Gasteiger partial charge in [-0.1, -0.05) is 17.7 Å². The Labute approximate surface area is 239 Å². The smallest absolute Gasteiger partial charge is 0.228 e. The number of anilines is 4. The molecule has 6 rings (SSSR count). The van der Waals surface area contributed by atoms with Crippen LogP contribution in [0.25, 0.3) is 22.2 Å². The van der Waals surface area contributed by atoms with Crippen LogP contribution in [0.4, 0.5) is 23.3 Å². The summed E-state index contributed by atoms with van der Waals surface area (Å²) in [6.07, 6.45) is 1.06. The second-order valence-corrected chi connectivity index (χ2v) is 10.5. The number of benzene rings is 2. The summed E-state index contributed by atoms with van der Waals surface area (Å²) >= 11 is 6.09. The number of hydrogen-bond donors (Lipinski definition) is 2. The molecule has 210 valence electrons. The number of aromatic nitrogens is 4. The van der Waals surface area contributed by atoms with E-state index >= 15 is 0 Å². The van der Waals surface area contributed by atoms with Crippen molar-refractivity contribution in [1.29, 1.82) is 0 Å². The number of nitrogens with one attached hydrogen (secondary N) is 2. The van der Waals surface area contributed by atoms with Crippen molar-refractivity contribution in [2.45, 2.75) is 6.42 Å². The molecule has 2 aromatic carbocycles.